The molecule has 0 aromatic heterocycles. The quantitative estimate of drug-likeness (QED) is 0.776. The normalized spacial score (nSPS) is 23.6. The summed E-state index contributed by atoms with van der Waals surface area (Å²) in [5, 5.41) is 3.23. The molecule has 2 aromatic carbocycles. The Morgan fingerprint density at radius 1 is 1.07 bits per heavy atom. The van der Waals surface area contributed by atoms with Gasteiger partial charge in [-0.3, -0.25) is 9.69 Å². The van der Waals surface area contributed by atoms with E-state index in [1.165, 1.54) is 18.6 Å². The van der Waals surface area contributed by atoms with Crippen molar-refractivity contribution in [2.75, 3.05) is 14.2 Å². The molecule has 0 unspecified atom stereocenters. The number of halogens is 1. The fourth-order valence-corrected chi connectivity index (χ4v) is 4.98. The molecule has 2 aliphatic heterocycles. The van der Waals surface area contributed by atoms with Crippen molar-refractivity contribution in [3.05, 3.63) is 59.4 Å². The van der Waals surface area contributed by atoms with Crippen molar-refractivity contribution >= 4 is 5.91 Å². The number of nitrogens with one attached hydrogen (secondary N) is 1. The highest BCUT2D eigenvalue weighted by atomic mass is 18.2. The molecule has 1 amide bonds. The van der Waals surface area contributed by atoms with Crippen LogP contribution in [0.15, 0.2) is 42.5 Å². The minimum Gasteiger partial charge on any atom is -0.493 e. The van der Waals surface area contributed by atoms with Gasteiger partial charge in [0.15, 0.2) is 11.5 Å². The van der Waals surface area contributed by atoms with Crippen LogP contribution in [0, 0.1) is 5.82 Å². The van der Waals surface area contributed by atoms with Gasteiger partial charge in [0.25, 0.3) is 5.91 Å². The lowest BCUT2D eigenvalue weighted by Crippen LogP contribution is -2.56. The lowest BCUT2D eigenvalue weighted by Gasteiger charge is -2.49. The van der Waals surface area contributed by atoms with Crippen LogP contribution in [0.3, 0.4) is 0 Å². The molecule has 1 N–H and O–H groups in total. The fourth-order valence-electron chi connectivity index (χ4n) is 4.98. The standard InChI is InChI=1S/C24H29FN2O3/c1-29-22-8-4-7-21(23(22)30-2)24(28)26-18-13-19-5-3-6-20(14-18)27(19)15-16-9-11-17(25)12-10-16/h4,7-12,18-20H,3,5-6,13-15H2,1-2H3,(H,26,28)/t19-,20-/m0/s1/i25-1. The maximum Gasteiger partial charge on any atom is 0.255 e. The van der Waals surface area contributed by atoms with E-state index < -0.39 is 0 Å². The highest BCUT2D eigenvalue weighted by molar-refractivity contribution is 5.98. The molecule has 2 atom stereocenters. The molecule has 0 aliphatic carbocycles. The Labute approximate surface area is 177 Å². The predicted molar refractivity (Wildman–Crippen MR) is 113 cm³/mol. The lowest BCUT2D eigenvalue weighted by atomic mass is 9.81. The summed E-state index contributed by atoms with van der Waals surface area (Å²) in [6.45, 7) is 0.833. The third kappa shape index (κ3) is 4.29. The van der Waals surface area contributed by atoms with Gasteiger partial charge in [0.05, 0.1) is 19.8 Å². The zero-order valence-corrected chi connectivity index (χ0v) is 17.6. The summed E-state index contributed by atoms with van der Waals surface area (Å²) in [5.74, 6) is 0.691. The Balaban J connectivity index is 1.44. The van der Waals surface area contributed by atoms with Gasteiger partial charge in [-0.2, -0.15) is 0 Å². The number of rotatable bonds is 6. The van der Waals surface area contributed by atoms with Crippen molar-refractivity contribution in [1.82, 2.24) is 10.2 Å². The first kappa shape index (κ1) is 20.7. The third-order valence-electron chi connectivity index (χ3n) is 6.39. The average molecular weight is 412 g/mol. The summed E-state index contributed by atoms with van der Waals surface area (Å²) >= 11 is 0. The maximum atomic E-state index is 13.2. The molecule has 2 fully saturated rings. The first-order chi connectivity index (χ1) is 14.6. The number of para-hydroxylation sites is 1. The number of ether oxygens (including phenoxy) is 2. The van der Waals surface area contributed by atoms with Gasteiger partial charge < -0.3 is 14.8 Å². The molecular weight excluding hydrogens is 382 g/mol. The summed E-state index contributed by atoms with van der Waals surface area (Å²) < 4.78 is 24.0. The minimum atomic E-state index is -0.201. The van der Waals surface area contributed by atoms with Crippen LogP contribution in [0.25, 0.3) is 0 Å². The molecule has 2 bridgehead atoms. The molecule has 5 nitrogen and oxygen atoms in total. The van der Waals surface area contributed by atoms with E-state index in [4.69, 9.17) is 9.47 Å². The van der Waals surface area contributed by atoms with Crippen LogP contribution in [0.2, 0.25) is 0 Å². The van der Waals surface area contributed by atoms with Gasteiger partial charge in [0.2, 0.25) is 0 Å². The summed E-state index contributed by atoms with van der Waals surface area (Å²) in [6.07, 6.45) is 5.34. The van der Waals surface area contributed by atoms with Crippen molar-refractivity contribution in [1.29, 1.82) is 0 Å². The Morgan fingerprint density at radius 3 is 2.40 bits per heavy atom. The largest absolute Gasteiger partial charge is 0.493 e. The summed E-state index contributed by atoms with van der Waals surface area (Å²) in [7, 11) is 3.12. The van der Waals surface area contributed by atoms with Gasteiger partial charge in [-0.15, -0.1) is 0 Å². The lowest BCUT2D eigenvalue weighted by molar-refractivity contribution is 0.0176. The van der Waals surface area contributed by atoms with Crippen molar-refractivity contribution < 1.29 is 18.7 Å². The maximum absolute atomic E-state index is 13.2. The Hall–Kier alpha value is -2.60. The number of carbonyl (C=O) groups excluding carboxylic acids is 1. The number of fused-ring (bicyclic) bond motifs is 2. The van der Waals surface area contributed by atoms with Gasteiger partial charge in [-0.25, -0.2) is 4.39 Å². The number of nitrogens with zero attached hydrogens (tertiary/aromatic N) is 1. The number of benzene rings is 2. The number of piperidine rings is 2. The Morgan fingerprint density at radius 2 is 1.77 bits per heavy atom. The van der Waals surface area contributed by atoms with Crippen molar-refractivity contribution in [2.24, 2.45) is 0 Å². The highest BCUT2D eigenvalue weighted by Gasteiger charge is 2.38. The van der Waals surface area contributed by atoms with E-state index in [2.05, 4.69) is 10.2 Å². The van der Waals surface area contributed by atoms with Gasteiger partial charge >= 0.3 is 0 Å². The summed E-state index contributed by atoms with van der Waals surface area (Å²) in [4.78, 5) is 15.5. The molecular formula is C24H29FN2O3. The van der Waals surface area contributed by atoms with Crippen LogP contribution >= 0.6 is 0 Å². The fraction of sp³-hybridized carbons (Fsp3) is 0.458. The zero-order valence-electron chi connectivity index (χ0n) is 17.6. The second-order valence-corrected chi connectivity index (χ2v) is 8.22. The van der Waals surface area contributed by atoms with Gasteiger partial charge in [-0.1, -0.05) is 24.6 Å². The molecule has 6 heteroatoms. The van der Waals surface area contributed by atoms with Crippen LogP contribution < -0.4 is 14.8 Å². The molecule has 2 aromatic rings. The number of amides is 1. The second-order valence-electron chi connectivity index (χ2n) is 8.22. The molecule has 0 spiro atoms. The molecule has 2 heterocycles. The Bertz CT molecular complexity index is 873. The van der Waals surface area contributed by atoms with Gasteiger partial charge in [0.1, 0.15) is 5.82 Å². The van der Waals surface area contributed by atoms with E-state index in [1.807, 2.05) is 12.1 Å². The van der Waals surface area contributed by atoms with Gasteiger partial charge in [0, 0.05) is 24.7 Å². The van der Waals surface area contributed by atoms with E-state index in [1.54, 1.807) is 32.4 Å². The smallest absolute Gasteiger partial charge is 0.255 e. The Kier molecular flexibility index (Phi) is 6.23. The summed E-state index contributed by atoms with van der Waals surface area (Å²) in [6, 6.07) is 13.1. The topological polar surface area (TPSA) is 50.8 Å². The van der Waals surface area contributed by atoms with E-state index in [-0.39, 0.29) is 17.8 Å². The van der Waals surface area contributed by atoms with E-state index in [9.17, 15) is 9.18 Å². The second kappa shape index (κ2) is 9.04. The van der Waals surface area contributed by atoms with Crippen LogP contribution in [0.4, 0.5) is 4.39 Å². The van der Waals surface area contributed by atoms with E-state index in [0.29, 0.717) is 29.1 Å². The predicted octanol–water partition coefficient (Wildman–Crippen LogP) is 4.16. The molecule has 2 saturated heterocycles. The number of hydrogen-bond donors (Lipinski definition) is 1. The SMILES string of the molecule is COc1cccc(C(=O)NC2C[C@@H]3CCC[C@@H](C2)N3Cc2ccc([18F])cc2)c1OC. The van der Waals surface area contributed by atoms with Crippen molar-refractivity contribution in [3.63, 3.8) is 0 Å². The summed E-state index contributed by atoms with van der Waals surface area (Å²) in [5.41, 5.74) is 1.63. The molecule has 0 radical (unpaired) electrons. The molecule has 160 valence electrons. The van der Waals surface area contributed by atoms with Crippen LogP contribution in [-0.4, -0.2) is 43.2 Å². The average Bonchev–Trinajstić information content (AvgIpc) is 2.75. The monoisotopic (exact) mass is 411 g/mol. The molecule has 2 aliphatic rings. The number of carbonyl (C=O) groups is 1. The van der Waals surface area contributed by atoms with E-state index >= 15 is 0 Å². The van der Waals surface area contributed by atoms with Crippen molar-refractivity contribution in [2.45, 2.75) is 56.8 Å². The highest BCUT2D eigenvalue weighted by Crippen LogP contribution is 2.36. The van der Waals surface area contributed by atoms with Crippen LogP contribution in [-0.2, 0) is 6.54 Å². The number of hydrogen-bond acceptors (Lipinski definition) is 4. The number of methoxy groups -OCH3 is 2. The van der Waals surface area contributed by atoms with E-state index in [0.717, 1.165) is 37.8 Å². The zero-order chi connectivity index (χ0) is 21.1. The molecule has 4 rings (SSSR count). The van der Waals surface area contributed by atoms with Gasteiger partial charge in [-0.05, 0) is 55.5 Å². The minimum absolute atomic E-state index is 0.124. The molecule has 0 saturated carbocycles. The van der Waals surface area contributed by atoms with Crippen LogP contribution in [0.5, 0.6) is 11.5 Å². The third-order valence-corrected chi connectivity index (χ3v) is 6.39. The first-order valence-electron chi connectivity index (χ1n) is 10.6. The van der Waals surface area contributed by atoms with Crippen LogP contribution in [0.1, 0.15) is 48.0 Å². The first-order valence-corrected chi connectivity index (χ1v) is 10.6. The molecule has 30 heavy (non-hydrogen) atoms. The van der Waals surface area contributed by atoms with Crippen molar-refractivity contribution in [3.8, 4) is 11.5 Å².